The molecule has 98 valence electrons. The number of amides is 1. The Kier molecular flexibility index (Phi) is 3.33. The van der Waals surface area contributed by atoms with Gasteiger partial charge in [0.15, 0.2) is 5.76 Å². The third-order valence-electron chi connectivity index (χ3n) is 3.13. The number of anilines is 1. The van der Waals surface area contributed by atoms with Gasteiger partial charge >= 0.3 is 0 Å². The van der Waals surface area contributed by atoms with Crippen molar-refractivity contribution in [2.45, 2.75) is 25.4 Å². The lowest BCUT2D eigenvalue weighted by atomic mass is 10.2. The molecule has 2 N–H and O–H groups in total. The molecule has 1 heterocycles. The maximum Gasteiger partial charge on any atom is 0.291 e. The standard InChI is InChI=1S/C15H16N2O2/c18-15(14-2-1-9-19-14)17-13-5-3-11(4-6-13)10-16-12-7-8-12/h1-6,9,12,16H,7-8,10H2,(H,17,18). The molecule has 0 unspecified atom stereocenters. The van der Waals surface area contributed by atoms with Crippen LogP contribution in [0.3, 0.4) is 0 Å². The van der Waals surface area contributed by atoms with Crippen molar-refractivity contribution in [2.24, 2.45) is 0 Å². The van der Waals surface area contributed by atoms with E-state index in [2.05, 4.69) is 10.6 Å². The second-order valence-electron chi connectivity index (χ2n) is 4.78. The van der Waals surface area contributed by atoms with Gasteiger partial charge in [-0.3, -0.25) is 4.79 Å². The highest BCUT2D eigenvalue weighted by Gasteiger charge is 2.19. The Labute approximate surface area is 111 Å². The molecule has 1 aromatic carbocycles. The molecule has 0 saturated heterocycles. The third-order valence-corrected chi connectivity index (χ3v) is 3.13. The first-order chi connectivity index (χ1) is 9.31. The van der Waals surface area contributed by atoms with Crippen molar-refractivity contribution in [3.63, 3.8) is 0 Å². The van der Waals surface area contributed by atoms with Crippen molar-refractivity contribution in [3.8, 4) is 0 Å². The van der Waals surface area contributed by atoms with Crippen LogP contribution in [-0.4, -0.2) is 11.9 Å². The smallest absolute Gasteiger partial charge is 0.291 e. The third kappa shape index (κ3) is 3.23. The van der Waals surface area contributed by atoms with E-state index in [1.54, 1.807) is 12.1 Å². The molecular formula is C15H16N2O2. The summed E-state index contributed by atoms with van der Waals surface area (Å²) in [5.74, 6) is 0.0910. The lowest BCUT2D eigenvalue weighted by Gasteiger charge is -2.06. The molecular weight excluding hydrogens is 240 g/mol. The fraction of sp³-hybridized carbons (Fsp3) is 0.267. The van der Waals surface area contributed by atoms with E-state index in [1.165, 1.54) is 24.7 Å². The van der Waals surface area contributed by atoms with Gasteiger partial charge in [-0.1, -0.05) is 12.1 Å². The van der Waals surface area contributed by atoms with Gasteiger partial charge in [-0.05, 0) is 42.7 Å². The summed E-state index contributed by atoms with van der Waals surface area (Å²) in [6, 6.07) is 11.9. The Morgan fingerprint density at radius 1 is 1.21 bits per heavy atom. The second kappa shape index (κ2) is 5.28. The van der Waals surface area contributed by atoms with Crippen LogP contribution in [0.5, 0.6) is 0 Å². The van der Waals surface area contributed by atoms with Crippen LogP contribution in [0.25, 0.3) is 0 Å². The van der Waals surface area contributed by atoms with Crippen LogP contribution in [0.1, 0.15) is 29.0 Å². The summed E-state index contributed by atoms with van der Waals surface area (Å²) in [5.41, 5.74) is 2.00. The zero-order valence-electron chi connectivity index (χ0n) is 10.6. The maximum atomic E-state index is 11.8. The van der Waals surface area contributed by atoms with Gasteiger partial charge in [0.1, 0.15) is 0 Å². The van der Waals surface area contributed by atoms with Crippen molar-refractivity contribution in [1.29, 1.82) is 0 Å². The van der Waals surface area contributed by atoms with Gasteiger partial charge in [-0.25, -0.2) is 0 Å². The van der Waals surface area contributed by atoms with Crippen LogP contribution in [0.15, 0.2) is 47.1 Å². The molecule has 19 heavy (non-hydrogen) atoms. The zero-order chi connectivity index (χ0) is 13.1. The summed E-state index contributed by atoms with van der Waals surface area (Å²) < 4.78 is 5.04. The Hall–Kier alpha value is -2.07. The molecule has 0 spiro atoms. The molecule has 0 aliphatic heterocycles. The van der Waals surface area contributed by atoms with Gasteiger partial charge in [0.25, 0.3) is 5.91 Å². The maximum absolute atomic E-state index is 11.8. The van der Waals surface area contributed by atoms with Crippen LogP contribution in [0, 0.1) is 0 Å². The fourth-order valence-electron chi connectivity index (χ4n) is 1.86. The van der Waals surface area contributed by atoms with Gasteiger partial charge in [0, 0.05) is 18.3 Å². The van der Waals surface area contributed by atoms with Crippen molar-refractivity contribution in [3.05, 3.63) is 54.0 Å². The molecule has 1 aliphatic carbocycles. The summed E-state index contributed by atoms with van der Waals surface area (Å²) in [6.45, 7) is 0.886. The van der Waals surface area contributed by atoms with Gasteiger partial charge in [-0.2, -0.15) is 0 Å². The molecule has 0 atom stereocenters. The number of hydrogen-bond donors (Lipinski definition) is 2. The molecule has 4 heteroatoms. The van der Waals surface area contributed by atoms with Crippen molar-refractivity contribution in [2.75, 3.05) is 5.32 Å². The number of carbonyl (C=O) groups is 1. The predicted molar refractivity (Wildman–Crippen MR) is 73.0 cm³/mol. The molecule has 2 aromatic rings. The minimum atomic E-state index is -0.228. The highest BCUT2D eigenvalue weighted by molar-refractivity contribution is 6.02. The molecule has 1 aliphatic rings. The largest absolute Gasteiger partial charge is 0.459 e. The summed E-state index contributed by atoms with van der Waals surface area (Å²) in [4.78, 5) is 11.8. The van der Waals surface area contributed by atoms with Crippen LogP contribution < -0.4 is 10.6 Å². The SMILES string of the molecule is O=C(Nc1ccc(CNC2CC2)cc1)c1ccco1. The van der Waals surface area contributed by atoms with E-state index in [0.717, 1.165) is 12.2 Å². The van der Waals surface area contributed by atoms with E-state index in [9.17, 15) is 4.79 Å². The average molecular weight is 256 g/mol. The highest BCUT2D eigenvalue weighted by Crippen LogP contribution is 2.19. The van der Waals surface area contributed by atoms with Gasteiger partial charge in [0.05, 0.1) is 6.26 Å². The first-order valence-corrected chi connectivity index (χ1v) is 6.48. The monoisotopic (exact) mass is 256 g/mol. The van der Waals surface area contributed by atoms with E-state index < -0.39 is 0 Å². The molecule has 3 rings (SSSR count). The predicted octanol–water partition coefficient (Wildman–Crippen LogP) is 2.78. The molecule has 1 aromatic heterocycles. The Balaban J connectivity index is 1.57. The lowest BCUT2D eigenvalue weighted by Crippen LogP contribution is -2.15. The van der Waals surface area contributed by atoms with Crippen molar-refractivity contribution >= 4 is 11.6 Å². The number of benzene rings is 1. The molecule has 1 saturated carbocycles. The topological polar surface area (TPSA) is 54.3 Å². The average Bonchev–Trinajstić information content (AvgIpc) is 3.09. The van der Waals surface area contributed by atoms with Gasteiger partial charge in [0.2, 0.25) is 0 Å². The molecule has 0 bridgehead atoms. The molecule has 4 nitrogen and oxygen atoms in total. The Morgan fingerprint density at radius 2 is 2.00 bits per heavy atom. The van der Waals surface area contributed by atoms with E-state index in [0.29, 0.717) is 11.8 Å². The van der Waals surface area contributed by atoms with Crippen LogP contribution >= 0.6 is 0 Å². The summed E-state index contributed by atoms with van der Waals surface area (Å²) in [7, 11) is 0. The first-order valence-electron chi connectivity index (χ1n) is 6.48. The minimum Gasteiger partial charge on any atom is -0.459 e. The Bertz CT molecular complexity index is 542. The van der Waals surface area contributed by atoms with E-state index in [4.69, 9.17) is 4.42 Å². The molecule has 1 amide bonds. The summed E-state index contributed by atoms with van der Waals surface area (Å²) in [5, 5.41) is 6.25. The van der Waals surface area contributed by atoms with E-state index >= 15 is 0 Å². The quantitative estimate of drug-likeness (QED) is 0.865. The number of furan rings is 1. The van der Waals surface area contributed by atoms with Gasteiger partial charge < -0.3 is 15.1 Å². The Morgan fingerprint density at radius 3 is 2.63 bits per heavy atom. The minimum absolute atomic E-state index is 0.228. The molecule has 0 radical (unpaired) electrons. The summed E-state index contributed by atoms with van der Waals surface area (Å²) >= 11 is 0. The first kappa shape index (κ1) is 12.0. The zero-order valence-corrected chi connectivity index (χ0v) is 10.6. The number of carbonyl (C=O) groups excluding carboxylic acids is 1. The fourth-order valence-corrected chi connectivity index (χ4v) is 1.86. The normalized spacial score (nSPS) is 14.3. The summed E-state index contributed by atoms with van der Waals surface area (Å²) in [6.07, 6.45) is 4.07. The van der Waals surface area contributed by atoms with Gasteiger partial charge in [-0.15, -0.1) is 0 Å². The highest BCUT2D eigenvalue weighted by atomic mass is 16.3. The van der Waals surface area contributed by atoms with E-state index in [1.807, 2.05) is 24.3 Å². The second-order valence-corrected chi connectivity index (χ2v) is 4.78. The van der Waals surface area contributed by atoms with Crippen molar-refractivity contribution < 1.29 is 9.21 Å². The van der Waals surface area contributed by atoms with Crippen LogP contribution in [-0.2, 0) is 6.54 Å². The van der Waals surface area contributed by atoms with Crippen LogP contribution in [0.2, 0.25) is 0 Å². The molecule has 1 fully saturated rings. The lowest BCUT2D eigenvalue weighted by molar-refractivity contribution is 0.0996. The number of rotatable bonds is 5. The number of nitrogens with one attached hydrogen (secondary N) is 2. The van der Waals surface area contributed by atoms with E-state index in [-0.39, 0.29) is 5.91 Å². The van der Waals surface area contributed by atoms with Crippen LogP contribution in [0.4, 0.5) is 5.69 Å². The van der Waals surface area contributed by atoms with Crippen molar-refractivity contribution in [1.82, 2.24) is 5.32 Å². The number of hydrogen-bond acceptors (Lipinski definition) is 3.